The van der Waals surface area contributed by atoms with Crippen molar-refractivity contribution in [3.05, 3.63) is 32.8 Å². The van der Waals surface area contributed by atoms with E-state index in [4.69, 9.17) is 34.8 Å². The topological polar surface area (TPSA) is 12.0 Å². The van der Waals surface area contributed by atoms with Gasteiger partial charge in [0.2, 0.25) is 0 Å². The van der Waals surface area contributed by atoms with Gasteiger partial charge in [0.15, 0.2) is 0 Å². The third-order valence-electron chi connectivity index (χ3n) is 2.52. The van der Waals surface area contributed by atoms with Crippen LogP contribution < -0.4 is 5.32 Å². The van der Waals surface area contributed by atoms with Gasteiger partial charge in [-0.05, 0) is 36.6 Å². The molecule has 1 saturated heterocycles. The normalized spacial score (nSPS) is 20.1. The fraction of sp³-hybridized carbons (Fsp3) is 0.400. The monoisotopic (exact) mass is 285 g/mol. The van der Waals surface area contributed by atoms with Crippen molar-refractivity contribution >= 4 is 47.2 Å². The zero-order valence-electron chi connectivity index (χ0n) is 7.90. The number of hydrogen-bond donors (Lipinski definition) is 1. The van der Waals surface area contributed by atoms with Crippen molar-refractivity contribution < 1.29 is 0 Å². The fourth-order valence-electron chi connectivity index (χ4n) is 1.79. The van der Waals surface area contributed by atoms with Crippen molar-refractivity contribution in [3.63, 3.8) is 0 Å². The van der Waals surface area contributed by atoms with Crippen LogP contribution in [0.15, 0.2) is 12.1 Å². The number of hydrogen-bond acceptors (Lipinski definition) is 1. The lowest BCUT2D eigenvalue weighted by Gasteiger charge is -2.12. The highest BCUT2D eigenvalue weighted by Crippen LogP contribution is 2.36. The highest BCUT2D eigenvalue weighted by Gasteiger charge is 2.20. The van der Waals surface area contributed by atoms with Crippen molar-refractivity contribution in [2.45, 2.75) is 12.3 Å². The molecule has 0 amide bonds. The molecule has 0 aromatic heterocycles. The molecule has 0 spiro atoms. The SMILES string of the molecule is Cl.Clc1cc(Cl)c(Cl)c(C2CCNC2)c1. The fourth-order valence-corrected chi connectivity index (χ4v) is 2.57. The van der Waals surface area contributed by atoms with Crippen molar-refractivity contribution in [1.82, 2.24) is 5.32 Å². The first-order chi connectivity index (χ1) is 6.68. The first-order valence-electron chi connectivity index (χ1n) is 4.53. The van der Waals surface area contributed by atoms with Crippen molar-refractivity contribution in [2.75, 3.05) is 13.1 Å². The number of nitrogens with one attached hydrogen (secondary N) is 1. The lowest BCUT2D eigenvalue weighted by Crippen LogP contribution is -2.08. The van der Waals surface area contributed by atoms with Crippen molar-refractivity contribution in [2.24, 2.45) is 0 Å². The van der Waals surface area contributed by atoms with Gasteiger partial charge in [0.05, 0.1) is 10.0 Å². The van der Waals surface area contributed by atoms with E-state index < -0.39 is 0 Å². The predicted molar refractivity (Wildman–Crippen MR) is 68.9 cm³/mol. The predicted octanol–water partition coefficient (Wildman–Crippen LogP) is 4.15. The molecule has 0 saturated carbocycles. The smallest absolute Gasteiger partial charge is 0.0628 e. The van der Waals surface area contributed by atoms with Crippen LogP contribution in [-0.4, -0.2) is 13.1 Å². The molecule has 0 radical (unpaired) electrons. The van der Waals surface area contributed by atoms with Gasteiger partial charge in [-0.15, -0.1) is 12.4 Å². The Bertz CT molecular complexity index is 348. The Hall–Kier alpha value is 0.340. The van der Waals surface area contributed by atoms with Crippen LogP contribution in [0.4, 0.5) is 0 Å². The minimum absolute atomic E-state index is 0. The standard InChI is InChI=1S/C10H10Cl3N.ClH/c11-7-3-8(6-1-2-14-5-6)10(13)9(12)4-7;/h3-4,6,14H,1-2,5H2;1H. The Balaban J connectivity index is 0.00000112. The lowest BCUT2D eigenvalue weighted by atomic mass is 9.98. The molecular weight excluding hydrogens is 276 g/mol. The van der Waals surface area contributed by atoms with Crippen LogP contribution in [0.25, 0.3) is 0 Å². The first kappa shape index (κ1) is 13.4. The largest absolute Gasteiger partial charge is 0.316 e. The van der Waals surface area contributed by atoms with E-state index in [0.717, 1.165) is 25.1 Å². The molecular formula is C10H11Cl4N. The van der Waals surface area contributed by atoms with Crippen LogP contribution in [0.1, 0.15) is 17.9 Å². The molecule has 1 N–H and O–H groups in total. The van der Waals surface area contributed by atoms with Crippen LogP contribution >= 0.6 is 47.2 Å². The van der Waals surface area contributed by atoms with E-state index >= 15 is 0 Å². The van der Waals surface area contributed by atoms with Crippen LogP contribution in [-0.2, 0) is 0 Å². The van der Waals surface area contributed by atoms with Gasteiger partial charge < -0.3 is 5.32 Å². The van der Waals surface area contributed by atoms with Gasteiger partial charge in [-0.2, -0.15) is 0 Å². The molecule has 1 aromatic rings. The zero-order valence-corrected chi connectivity index (χ0v) is 11.0. The molecule has 2 rings (SSSR count). The van der Waals surface area contributed by atoms with Gasteiger partial charge in [-0.1, -0.05) is 34.8 Å². The molecule has 1 nitrogen and oxygen atoms in total. The van der Waals surface area contributed by atoms with Gasteiger partial charge in [0.1, 0.15) is 0 Å². The first-order valence-corrected chi connectivity index (χ1v) is 5.67. The summed E-state index contributed by atoms with van der Waals surface area (Å²) in [5.41, 5.74) is 1.06. The Morgan fingerprint density at radius 2 is 1.93 bits per heavy atom. The second-order valence-electron chi connectivity index (χ2n) is 3.48. The number of benzene rings is 1. The van der Waals surface area contributed by atoms with Gasteiger partial charge in [0.25, 0.3) is 0 Å². The Labute approximate surface area is 110 Å². The second-order valence-corrected chi connectivity index (χ2v) is 4.70. The number of halogens is 4. The highest BCUT2D eigenvalue weighted by atomic mass is 35.5. The summed E-state index contributed by atoms with van der Waals surface area (Å²) >= 11 is 18.0. The summed E-state index contributed by atoms with van der Waals surface area (Å²) in [6.07, 6.45) is 1.09. The summed E-state index contributed by atoms with van der Waals surface area (Å²) in [6, 6.07) is 3.59. The van der Waals surface area contributed by atoms with Crippen LogP contribution in [0.2, 0.25) is 15.1 Å². The maximum absolute atomic E-state index is 6.13. The third-order valence-corrected chi connectivity index (χ3v) is 3.56. The van der Waals surface area contributed by atoms with E-state index in [2.05, 4.69) is 5.32 Å². The molecule has 5 heteroatoms. The molecule has 1 atom stereocenters. The van der Waals surface area contributed by atoms with Gasteiger partial charge in [-0.25, -0.2) is 0 Å². The van der Waals surface area contributed by atoms with Crippen LogP contribution in [0.5, 0.6) is 0 Å². The minimum Gasteiger partial charge on any atom is -0.316 e. The van der Waals surface area contributed by atoms with E-state index in [1.54, 1.807) is 6.07 Å². The highest BCUT2D eigenvalue weighted by molar-refractivity contribution is 6.43. The molecule has 1 heterocycles. The average molecular weight is 287 g/mol. The summed E-state index contributed by atoms with van der Waals surface area (Å²) in [7, 11) is 0. The minimum atomic E-state index is 0. The second kappa shape index (κ2) is 5.60. The van der Waals surface area contributed by atoms with Crippen molar-refractivity contribution in [1.29, 1.82) is 0 Å². The molecule has 15 heavy (non-hydrogen) atoms. The van der Waals surface area contributed by atoms with E-state index in [1.807, 2.05) is 6.07 Å². The molecule has 0 aliphatic carbocycles. The molecule has 1 aliphatic rings. The Morgan fingerprint density at radius 3 is 2.53 bits per heavy atom. The van der Waals surface area contributed by atoms with E-state index in [9.17, 15) is 0 Å². The average Bonchev–Trinajstić information content (AvgIpc) is 2.63. The van der Waals surface area contributed by atoms with Gasteiger partial charge in [-0.3, -0.25) is 0 Å². The van der Waals surface area contributed by atoms with Crippen molar-refractivity contribution in [3.8, 4) is 0 Å². The molecule has 1 aromatic carbocycles. The zero-order chi connectivity index (χ0) is 10.1. The number of rotatable bonds is 1. The molecule has 1 unspecified atom stereocenters. The maximum atomic E-state index is 6.13. The van der Waals surface area contributed by atoms with E-state index in [0.29, 0.717) is 21.0 Å². The summed E-state index contributed by atoms with van der Waals surface area (Å²) in [4.78, 5) is 0. The summed E-state index contributed by atoms with van der Waals surface area (Å²) in [6.45, 7) is 1.99. The quantitative estimate of drug-likeness (QED) is 0.765. The summed E-state index contributed by atoms with van der Waals surface area (Å²) < 4.78 is 0. The van der Waals surface area contributed by atoms with E-state index in [-0.39, 0.29) is 12.4 Å². The molecule has 1 fully saturated rings. The third kappa shape index (κ3) is 2.92. The molecule has 1 aliphatic heterocycles. The molecule has 0 bridgehead atoms. The Kier molecular flexibility index (Phi) is 5.01. The van der Waals surface area contributed by atoms with Gasteiger partial charge in [0, 0.05) is 11.6 Å². The Morgan fingerprint density at radius 1 is 1.20 bits per heavy atom. The van der Waals surface area contributed by atoms with E-state index in [1.165, 1.54) is 0 Å². The van der Waals surface area contributed by atoms with Crippen LogP contribution in [0.3, 0.4) is 0 Å². The summed E-state index contributed by atoms with van der Waals surface area (Å²) in [5.74, 6) is 0.443. The lowest BCUT2D eigenvalue weighted by molar-refractivity contribution is 0.764. The van der Waals surface area contributed by atoms with Crippen LogP contribution in [0, 0.1) is 0 Å². The van der Waals surface area contributed by atoms with Gasteiger partial charge >= 0.3 is 0 Å². The summed E-state index contributed by atoms with van der Waals surface area (Å²) in [5, 5.41) is 5.13. The molecule has 84 valence electrons. The maximum Gasteiger partial charge on any atom is 0.0628 e.